The molecule has 0 aliphatic carbocycles. The van der Waals surface area contributed by atoms with Crippen LogP contribution in [0.4, 0.5) is 0 Å². The van der Waals surface area contributed by atoms with Crippen LogP contribution in [0.2, 0.25) is 0 Å². The Labute approximate surface area is 159 Å². The van der Waals surface area contributed by atoms with Gasteiger partial charge in [0.2, 0.25) is 0 Å². The second kappa shape index (κ2) is 11.9. The zero-order valence-corrected chi connectivity index (χ0v) is 14.7. The predicted octanol–water partition coefficient (Wildman–Crippen LogP) is -1.14. The molecule has 3 heterocycles. The number of nitrogens with zero attached hydrogens (tertiary/aromatic N) is 6. The van der Waals surface area contributed by atoms with Crippen molar-refractivity contribution < 1.29 is 44.7 Å². The summed E-state index contributed by atoms with van der Waals surface area (Å²) < 4.78 is 4.66. The van der Waals surface area contributed by atoms with Crippen molar-refractivity contribution in [2.45, 2.75) is 0 Å². The summed E-state index contributed by atoms with van der Waals surface area (Å²) in [7, 11) is 0. The molecular weight excluding hydrogens is 323 g/mol. The van der Waals surface area contributed by atoms with Crippen LogP contribution in [0.5, 0.6) is 0 Å². The normalized spacial score (nSPS) is 9.38. The minimum atomic E-state index is 0. The van der Waals surface area contributed by atoms with Gasteiger partial charge in [0.1, 0.15) is 30.6 Å². The number of aliphatic hydroxyl groups excluding tert-OH is 1. The van der Waals surface area contributed by atoms with Crippen LogP contribution < -0.4 is 29.6 Å². The molecule has 2 N–H and O–H groups in total. The van der Waals surface area contributed by atoms with E-state index in [1.807, 2.05) is 0 Å². The minimum Gasteiger partial charge on any atom is -0.870 e. The topological polar surface area (TPSA) is 152 Å². The summed E-state index contributed by atoms with van der Waals surface area (Å²) >= 11 is 0. The molecule has 10 heteroatoms. The molecule has 0 atom stereocenters. The van der Waals surface area contributed by atoms with Gasteiger partial charge in [0.05, 0.1) is 29.4 Å². The van der Waals surface area contributed by atoms with Gasteiger partial charge in [-0.25, -0.2) is 19.9 Å². The van der Waals surface area contributed by atoms with E-state index in [1.54, 1.807) is 36.9 Å². The minimum absolute atomic E-state index is 0. The van der Waals surface area contributed by atoms with Gasteiger partial charge in [-0.05, 0) is 12.1 Å². The van der Waals surface area contributed by atoms with E-state index in [9.17, 15) is 0 Å². The van der Waals surface area contributed by atoms with Crippen molar-refractivity contribution in [1.82, 2.24) is 25.1 Å². The standard InChI is InChI=1S/2C7H5N3O.Na.H2O/c1-2-8-5-9-7(1)6-3-10-11-4-6;8-3-6(4-11)7-1-2-9-5-10-7;;/h1-5H;1-2,4-5,11H;;1H2/q;;+1;/p-1/b;6-4+;;. The average Bonchev–Trinajstić information content (AvgIpc) is 3.13. The number of aliphatic hydroxyl groups is 1. The number of hydrogen-bond acceptors (Lipinski definition) is 9. The summed E-state index contributed by atoms with van der Waals surface area (Å²) in [6.45, 7) is 0. The Balaban J connectivity index is 0.000000407. The molecule has 3 rings (SSSR count). The van der Waals surface area contributed by atoms with E-state index in [-0.39, 0.29) is 40.6 Å². The van der Waals surface area contributed by atoms with E-state index in [0.29, 0.717) is 5.69 Å². The summed E-state index contributed by atoms with van der Waals surface area (Å²) in [4.78, 5) is 15.2. The van der Waals surface area contributed by atoms with Crippen molar-refractivity contribution in [3.8, 4) is 17.3 Å². The Morgan fingerprint density at radius 1 is 1.17 bits per heavy atom. The maximum absolute atomic E-state index is 8.53. The van der Waals surface area contributed by atoms with Gasteiger partial charge in [-0.3, -0.25) is 0 Å². The SMILES string of the molecule is N#C/C(=C\O)c1ccncn1.[Na+].[OH-].c1cc(-c2cnoc2)ncn1. The summed E-state index contributed by atoms with van der Waals surface area (Å²) in [6, 6.07) is 5.13. The molecule has 0 fully saturated rings. The Morgan fingerprint density at radius 3 is 2.33 bits per heavy atom. The fraction of sp³-hybridized carbons (Fsp3) is 0. The Kier molecular flexibility index (Phi) is 10.6. The molecule has 0 aliphatic heterocycles. The van der Waals surface area contributed by atoms with E-state index in [2.05, 4.69) is 29.6 Å². The zero-order chi connectivity index (χ0) is 15.6. The third kappa shape index (κ3) is 6.23. The van der Waals surface area contributed by atoms with E-state index in [4.69, 9.17) is 10.4 Å². The van der Waals surface area contributed by atoms with Crippen molar-refractivity contribution >= 4 is 5.57 Å². The molecule has 3 aromatic heterocycles. The molecule has 0 saturated carbocycles. The molecule has 0 unspecified atom stereocenters. The average molecular weight is 334 g/mol. The molecule has 0 bridgehead atoms. The van der Waals surface area contributed by atoms with Crippen molar-refractivity contribution in [2.75, 3.05) is 0 Å². The summed E-state index contributed by atoms with van der Waals surface area (Å²) in [5, 5.41) is 20.5. The molecule has 0 aromatic carbocycles. The fourth-order valence-electron chi connectivity index (χ4n) is 1.40. The third-order valence-electron chi connectivity index (χ3n) is 2.42. The van der Waals surface area contributed by atoms with Gasteiger partial charge < -0.3 is 15.1 Å². The van der Waals surface area contributed by atoms with Crippen LogP contribution in [0.3, 0.4) is 0 Å². The molecule has 0 spiro atoms. The van der Waals surface area contributed by atoms with Crippen molar-refractivity contribution in [3.63, 3.8) is 0 Å². The molecule has 0 aliphatic rings. The van der Waals surface area contributed by atoms with Crippen LogP contribution in [-0.4, -0.2) is 35.7 Å². The zero-order valence-electron chi connectivity index (χ0n) is 12.7. The van der Waals surface area contributed by atoms with Gasteiger partial charge >= 0.3 is 29.6 Å². The van der Waals surface area contributed by atoms with E-state index >= 15 is 0 Å². The van der Waals surface area contributed by atoms with Gasteiger partial charge in [-0.15, -0.1) is 0 Å². The second-order valence-corrected chi connectivity index (χ2v) is 3.76. The van der Waals surface area contributed by atoms with Crippen molar-refractivity contribution in [2.24, 2.45) is 0 Å². The first kappa shape index (κ1) is 21.4. The van der Waals surface area contributed by atoms with Crippen LogP contribution in [0, 0.1) is 11.3 Å². The van der Waals surface area contributed by atoms with Gasteiger partial charge in [0.15, 0.2) is 0 Å². The van der Waals surface area contributed by atoms with Gasteiger partial charge in [-0.1, -0.05) is 5.16 Å². The molecule has 9 nitrogen and oxygen atoms in total. The van der Waals surface area contributed by atoms with Crippen molar-refractivity contribution in [3.05, 3.63) is 61.6 Å². The quantitative estimate of drug-likeness (QED) is 0.348. The first-order valence-electron chi connectivity index (χ1n) is 6.01. The molecule has 3 aromatic rings. The number of allylic oxidation sites excluding steroid dienone is 1. The first-order valence-corrected chi connectivity index (χ1v) is 6.01. The van der Waals surface area contributed by atoms with Crippen molar-refractivity contribution in [1.29, 1.82) is 5.26 Å². The third-order valence-corrected chi connectivity index (χ3v) is 2.42. The van der Waals surface area contributed by atoms with Gasteiger partial charge in [-0.2, -0.15) is 5.26 Å². The predicted molar refractivity (Wildman–Crippen MR) is 77.7 cm³/mol. The smallest absolute Gasteiger partial charge is 0.870 e. The number of rotatable bonds is 2. The molecule has 0 radical (unpaired) electrons. The maximum atomic E-state index is 8.53. The van der Waals surface area contributed by atoms with Gasteiger partial charge in [0.25, 0.3) is 0 Å². The Morgan fingerprint density at radius 2 is 1.88 bits per heavy atom. The van der Waals surface area contributed by atoms with Crippen LogP contribution in [0.25, 0.3) is 16.8 Å². The summed E-state index contributed by atoms with van der Waals surface area (Å²) in [5.41, 5.74) is 2.24. The monoisotopic (exact) mass is 334 g/mol. The molecule has 24 heavy (non-hydrogen) atoms. The second-order valence-electron chi connectivity index (χ2n) is 3.76. The number of aromatic nitrogens is 5. The summed E-state index contributed by atoms with van der Waals surface area (Å²) in [6.07, 6.45) is 9.87. The molecular formula is C14H11N6NaO3. The van der Waals surface area contributed by atoms with Crippen LogP contribution in [0.15, 0.2) is 60.4 Å². The van der Waals surface area contributed by atoms with Crippen LogP contribution in [-0.2, 0) is 0 Å². The Bertz CT molecular complexity index is 760. The van der Waals surface area contributed by atoms with Crippen LogP contribution >= 0.6 is 0 Å². The first-order chi connectivity index (χ1) is 10.8. The number of hydrogen-bond donors (Lipinski definition) is 1. The van der Waals surface area contributed by atoms with E-state index in [1.165, 1.54) is 18.9 Å². The van der Waals surface area contributed by atoms with E-state index in [0.717, 1.165) is 17.5 Å². The summed E-state index contributed by atoms with van der Waals surface area (Å²) in [5.74, 6) is 0. The Hall–Kier alpha value is -2.64. The maximum Gasteiger partial charge on any atom is 1.00 e. The molecule has 0 saturated heterocycles. The van der Waals surface area contributed by atoms with Crippen LogP contribution in [0.1, 0.15) is 5.69 Å². The van der Waals surface area contributed by atoms with E-state index < -0.39 is 0 Å². The molecule has 116 valence electrons. The largest absolute Gasteiger partial charge is 1.00 e. The molecule has 0 amide bonds. The fourth-order valence-corrected chi connectivity index (χ4v) is 1.40. The van der Waals surface area contributed by atoms with Gasteiger partial charge in [0, 0.05) is 12.4 Å². The number of nitriles is 1.